The van der Waals surface area contributed by atoms with E-state index in [0.29, 0.717) is 18.0 Å². The van der Waals surface area contributed by atoms with Gasteiger partial charge in [-0.3, -0.25) is 0 Å². The molecule has 2 N–H and O–H groups in total. The van der Waals surface area contributed by atoms with Crippen molar-refractivity contribution in [2.45, 2.75) is 19.4 Å². The molecule has 5 nitrogen and oxygen atoms in total. The molecule has 0 bridgehead atoms. The Balaban J connectivity index is 3.88. The molecule has 0 aromatic carbocycles. The first-order valence-corrected chi connectivity index (χ1v) is 7.64. The number of esters is 1. The molecule has 0 spiro atoms. The molecule has 6 heteroatoms. The zero-order valence-electron chi connectivity index (χ0n) is 9.86. The highest BCUT2D eigenvalue weighted by atomic mass is 28.4. The molecule has 0 amide bonds. The van der Waals surface area contributed by atoms with E-state index in [1.54, 1.807) is 6.92 Å². The number of carbonyl (C=O) groups is 1. The Labute approximate surface area is 96.8 Å². The van der Waals surface area contributed by atoms with E-state index in [4.69, 9.17) is 19.4 Å². The van der Waals surface area contributed by atoms with E-state index < -0.39 is 14.3 Å². The van der Waals surface area contributed by atoms with Crippen molar-refractivity contribution in [2.75, 3.05) is 26.2 Å². The fourth-order valence-electron chi connectivity index (χ4n) is 1.12. The van der Waals surface area contributed by atoms with Crippen LogP contribution in [0.15, 0.2) is 12.2 Å². The van der Waals surface area contributed by atoms with Crippen molar-refractivity contribution in [3.05, 3.63) is 12.2 Å². The average Bonchev–Trinajstić information content (AvgIpc) is 2.30. The van der Waals surface area contributed by atoms with Crippen LogP contribution in [-0.2, 0) is 14.0 Å². The number of hydrogen-bond acceptors (Lipinski definition) is 5. The number of aliphatic hydroxyl groups is 2. The van der Waals surface area contributed by atoms with Crippen LogP contribution in [0, 0.1) is 0 Å². The number of aliphatic hydroxyl groups excluding tert-OH is 2. The van der Waals surface area contributed by atoms with Crippen molar-refractivity contribution < 1.29 is 24.2 Å². The Kier molecular flexibility index (Phi) is 7.23. The van der Waals surface area contributed by atoms with Crippen molar-refractivity contribution in [3.8, 4) is 0 Å². The summed E-state index contributed by atoms with van der Waals surface area (Å²) < 4.78 is 10.1. The summed E-state index contributed by atoms with van der Waals surface area (Å²) in [4.78, 5) is 11.0. The van der Waals surface area contributed by atoms with Crippen molar-refractivity contribution in [2.24, 2.45) is 0 Å². The molecule has 0 radical (unpaired) electrons. The van der Waals surface area contributed by atoms with Crippen LogP contribution in [0.5, 0.6) is 0 Å². The lowest BCUT2D eigenvalue weighted by Crippen LogP contribution is -2.46. The molecule has 16 heavy (non-hydrogen) atoms. The summed E-state index contributed by atoms with van der Waals surface area (Å²) in [6.45, 7) is 5.30. The average molecular weight is 248 g/mol. The summed E-state index contributed by atoms with van der Waals surface area (Å²) in [5.74, 6) is -0.419. The third kappa shape index (κ3) is 4.89. The third-order valence-electron chi connectivity index (χ3n) is 2.37. The van der Waals surface area contributed by atoms with Gasteiger partial charge >= 0.3 is 5.97 Å². The standard InChI is InChI=1S/C10H20O5Si/c1-9(2)10(13)15-5-4-6-16(7-11,8-12)14-3/h11-12H,1,4-8H2,2-3H3. The predicted octanol–water partition coefficient (Wildman–Crippen LogP) is 0.151. The molecular formula is C10H20O5Si. The lowest BCUT2D eigenvalue weighted by Gasteiger charge is -2.24. The first kappa shape index (κ1) is 15.3. The fraction of sp³-hybridized carbons (Fsp3) is 0.700. The Hall–Kier alpha value is -0.693. The van der Waals surface area contributed by atoms with Crippen LogP contribution >= 0.6 is 0 Å². The largest absolute Gasteiger partial charge is 0.462 e. The first-order valence-electron chi connectivity index (χ1n) is 5.11. The van der Waals surface area contributed by atoms with Gasteiger partial charge in [-0.15, -0.1) is 0 Å². The van der Waals surface area contributed by atoms with E-state index in [9.17, 15) is 4.79 Å². The summed E-state index contributed by atoms with van der Waals surface area (Å²) in [5, 5.41) is 18.3. The Bertz CT molecular complexity index is 229. The lowest BCUT2D eigenvalue weighted by molar-refractivity contribution is -0.138. The Morgan fingerprint density at radius 3 is 2.31 bits per heavy atom. The minimum atomic E-state index is -2.42. The highest BCUT2D eigenvalue weighted by molar-refractivity contribution is 6.73. The molecule has 0 aliphatic rings. The summed E-state index contributed by atoms with van der Waals surface area (Å²) in [6.07, 6.45) is 0.309. The monoisotopic (exact) mass is 248 g/mol. The molecule has 0 aromatic heterocycles. The summed E-state index contributed by atoms with van der Waals surface area (Å²) in [5.41, 5.74) is 0.361. The van der Waals surface area contributed by atoms with E-state index in [-0.39, 0.29) is 19.1 Å². The molecule has 0 rings (SSSR count). The third-order valence-corrected chi connectivity index (χ3v) is 5.65. The van der Waals surface area contributed by atoms with Gasteiger partial charge in [0.15, 0.2) is 0 Å². The van der Waals surface area contributed by atoms with Crippen molar-refractivity contribution in [3.63, 3.8) is 0 Å². The van der Waals surface area contributed by atoms with Gasteiger partial charge in [-0.05, 0) is 19.4 Å². The van der Waals surface area contributed by atoms with Gasteiger partial charge in [-0.1, -0.05) is 6.58 Å². The number of carbonyl (C=O) groups excluding carboxylic acids is 1. The highest BCUT2D eigenvalue weighted by Crippen LogP contribution is 2.12. The molecular weight excluding hydrogens is 228 g/mol. The van der Waals surface area contributed by atoms with Crippen LogP contribution in [0.3, 0.4) is 0 Å². The molecule has 0 heterocycles. The zero-order valence-corrected chi connectivity index (χ0v) is 10.9. The second-order valence-electron chi connectivity index (χ2n) is 3.72. The van der Waals surface area contributed by atoms with Crippen LogP contribution in [0.1, 0.15) is 13.3 Å². The minimum absolute atomic E-state index is 0.131. The van der Waals surface area contributed by atoms with Crippen molar-refractivity contribution >= 4 is 14.3 Å². The number of ether oxygens (including phenoxy) is 1. The molecule has 0 saturated heterocycles. The van der Waals surface area contributed by atoms with Gasteiger partial charge in [0.1, 0.15) is 0 Å². The van der Waals surface area contributed by atoms with E-state index >= 15 is 0 Å². The maximum atomic E-state index is 11.0. The van der Waals surface area contributed by atoms with Crippen LogP contribution in [0.2, 0.25) is 6.04 Å². The van der Waals surface area contributed by atoms with Crippen LogP contribution < -0.4 is 0 Å². The number of hydrogen-bond donors (Lipinski definition) is 2. The summed E-state index contributed by atoms with van der Waals surface area (Å²) in [6, 6.07) is 0.556. The normalized spacial score (nSPS) is 11.2. The molecule has 94 valence electrons. The lowest BCUT2D eigenvalue weighted by atomic mass is 10.4. The van der Waals surface area contributed by atoms with Gasteiger partial charge in [0, 0.05) is 12.7 Å². The van der Waals surface area contributed by atoms with Crippen LogP contribution in [0.4, 0.5) is 0 Å². The molecule has 0 aliphatic carbocycles. The van der Waals surface area contributed by atoms with Gasteiger partial charge < -0.3 is 19.4 Å². The molecule has 0 atom stereocenters. The van der Waals surface area contributed by atoms with E-state index in [2.05, 4.69) is 6.58 Å². The van der Waals surface area contributed by atoms with Crippen molar-refractivity contribution in [1.82, 2.24) is 0 Å². The van der Waals surface area contributed by atoms with E-state index in [1.165, 1.54) is 7.11 Å². The van der Waals surface area contributed by atoms with E-state index in [0.717, 1.165) is 0 Å². The second kappa shape index (κ2) is 7.56. The molecule has 0 aliphatic heterocycles. The van der Waals surface area contributed by atoms with Gasteiger partial charge in [0.2, 0.25) is 8.32 Å². The smallest absolute Gasteiger partial charge is 0.333 e. The quantitative estimate of drug-likeness (QED) is 0.277. The van der Waals surface area contributed by atoms with Gasteiger partial charge in [-0.2, -0.15) is 0 Å². The SMILES string of the molecule is C=C(C)C(=O)OCCC[Si](CO)(CO)OC. The van der Waals surface area contributed by atoms with Crippen LogP contribution in [0.25, 0.3) is 0 Å². The second-order valence-corrected chi connectivity index (χ2v) is 7.63. The molecule has 0 unspecified atom stereocenters. The van der Waals surface area contributed by atoms with E-state index in [1.807, 2.05) is 0 Å². The Morgan fingerprint density at radius 2 is 1.94 bits per heavy atom. The maximum absolute atomic E-state index is 11.0. The van der Waals surface area contributed by atoms with Gasteiger partial charge in [-0.25, -0.2) is 4.79 Å². The molecule has 0 saturated carbocycles. The predicted molar refractivity (Wildman–Crippen MR) is 62.1 cm³/mol. The summed E-state index contributed by atoms with van der Waals surface area (Å²) in [7, 11) is -0.935. The molecule has 0 aromatic rings. The topological polar surface area (TPSA) is 76.0 Å². The van der Waals surface area contributed by atoms with Gasteiger partial charge in [0.05, 0.1) is 19.1 Å². The van der Waals surface area contributed by atoms with Crippen molar-refractivity contribution in [1.29, 1.82) is 0 Å². The molecule has 0 fully saturated rings. The summed E-state index contributed by atoms with van der Waals surface area (Å²) >= 11 is 0. The van der Waals surface area contributed by atoms with Crippen LogP contribution in [-0.4, -0.2) is 50.7 Å². The van der Waals surface area contributed by atoms with Gasteiger partial charge in [0.25, 0.3) is 0 Å². The maximum Gasteiger partial charge on any atom is 0.333 e. The fourth-order valence-corrected chi connectivity index (χ4v) is 2.79. The number of rotatable bonds is 8. The zero-order chi connectivity index (χ0) is 12.6. The first-order chi connectivity index (χ1) is 7.51. The minimum Gasteiger partial charge on any atom is -0.462 e. The highest BCUT2D eigenvalue weighted by Gasteiger charge is 2.32. The Morgan fingerprint density at radius 1 is 1.38 bits per heavy atom.